The highest BCUT2D eigenvalue weighted by Crippen LogP contribution is 2.52. The summed E-state index contributed by atoms with van der Waals surface area (Å²) in [5, 5.41) is 0. The molecule has 0 aliphatic heterocycles. The average molecular weight is 340 g/mol. The summed E-state index contributed by atoms with van der Waals surface area (Å²) in [5.74, 6) is 0.487. The summed E-state index contributed by atoms with van der Waals surface area (Å²) in [5.41, 5.74) is 0.872. The molecule has 130 valence electrons. The molecule has 0 radical (unpaired) electrons. The lowest BCUT2D eigenvalue weighted by molar-refractivity contribution is -0.161. The molecule has 0 N–H and O–H groups in total. The van der Waals surface area contributed by atoms with Crippen molar-refractivity contribution in [2.45, 2.75) is 38.5 Å². The van der Waals surface area contributed by atoms with Crippen molar-refractivity contribution in [3.05, 3.63) is 35.9 Å². The van der Waals surface area contributed by atoms with Crippen LogP contribution in [0.1, 0.15) is 44.1 Å². The Labute approximate surface area is 146 Å². The quantitative estimate of drug-likeness (QED) is 0.756. The van der Waals surface area contributed by atoms with Crippen LogP contribution in [0.2, 0.25) is 0 Å². The van der Waals surface area contributed by atoms with Gasteiger partial charge in [0.25, 0.3) is 0 Å². The molecule has 0 spiro atoms. The molecule has 1 aromatic rings. The van der Waals surface area contributed by atoms with Crippen LogP contribution in [-0.4, -0.2) is 38.6 Å². The van der Waals surface area contributed by atoms with Crippen LogP contribution in [0.25, 0.3) is 0 Å². The maximum atomic E-state index is 12.9. The standard InChI is InChI=1S/C19H29NO2.ClH/c1-15(14-20(2)3)19(18(21)22-4)13-9-8-12-17(19)16-10-6-5-7-11-16;/h5-7,10-11,15,17H,8-9,12-14H2,1-4H3;1H. The van der Waals surface area contributed by atoms with E-state index in [0.29, 0.717) is 0 Å². The van der Waals surface area contributed by atoms with E-state index in [1.807, 2.05) is 6.07 Å². The van der Waals surface area contributed by atoms with Gasteiger partial charge in [0, 0.05) is 12.5 Å². The molecule has 0 aromatic heterocycles. The third-order valence-electron chi connectivity index (χ3n) is 5.24. The second kappa shape index (κ2) is 8.70. The number of rotatable bonds is 5. The Morgan fingerprint density at radius 2 is 1.96 bits per heavy atom. The van der Waals surface area contributed by atoms with E-state index in [1.54, 1.807) is 0 Å². The van der Waals surface area contributed by atoms with Crippen molar-refractivity contribution in [3.63, 3.8) is 0 Å². The monoisotopic (exact) mass is 339 g/mol. The van der Waals surface area contributed by atoms with Gasteiger partial charge in [-0.25, -0.2) is 0 Å². The maximum absolute atomic E-state index is 12.9. The Morgan fingerprint density at radius 3 is 2.52 bits per heavy atom. The Bertz CT molecular complexity index is 491. The second-order valence-electron chi connectivity index (χ2n) is 6.90. The summed E-state index contributed by atoms with van der Waals surface area (Å²) in [7, 11) is 5.67. The van der Waals surface area contributed by atoms with Crippen LogP contribution in [0.15, 0.2) is 30.3 Å². The zero-order chi connectivity index (χ0) is 16.2. The normalized spacial score (nSPS) is 25.5. The van der Waals surface area contributed by atoms with Gasteiger partial charge < -0.3 is 9.64 Å². The van der Waals surface area contributed by atoms with Gasteiger partial charge in [-0.05, 0) is 38.4 Å². The molecule has 1 aromatic carbocycles. The molecule has 3 atom stereocenters. The predicted octanol–water partition coefficient (Wildman–Crippen LogP) is 4.12. The van der Waals surface area contributed by atoms with Crippen molar-refractivity contribution >= 4 is 18.4 Å². The number of hydrogen-bond acceptors (Lipinski definition) is 3. The van der Waals surface area contributed by atoms with E-state index >= 15 is 0 Å². The number of ether oxygens (including phenoxy) is 1. The first kappa shape index (κ1) is 20.0. The highest BCUT2D eigenvalue weighted by molar-refractivity contribution is 5.85. The molecule has 1 fully saturated rings. The molecule has 4 heteroatoms. The summed E-state index contributed by atoms with van der Waals surface area (Å²) in [6, 6.07) is 10.5. The topological polar surface area (TPSA) is 29.5 Å². The highest BCUT2D eigenvalue weighted by Gasteiger charge is 2.52. The molecular weight excluding hydrogens is 310 g/mol. The van der Waals surface area contributed by atoms with Crippen LogP contribution in [0, 0.1) is 11.3 Å². The lowest BCUT2D eigenvalue weighted by Crippen LogP contribution is -2.48. The van der Waals surface area contributed by atoms with E-state index in [2.05, 4.69) is 50.2 Å². The first-order valence-electron chi connectivity index (χ1n) is 8.30. The smallest absolute Gasteiger partial charge is 0.312 e. The molecule has 1 aliphatic carbocycles. The Morgan fingerprint density at radius 1 is 1.30 bits per heavy atom. The van der Waals surface area contributed by atoms with E-state index in [0.717, 1.165) is 25.8 Å². The number of carbonyl (C=O) groups excluding carboxylic acids is 1. The lowest BCUT2D eigenvalue weighted by atomic mass is 9.58. The minimum Gasteiger partial charge on any atom is -0.469 e. The van der Waals surface area contributed by atoms with Crippen molar-refractivity contribution in [2.75, 3.05) is 27.7 Å². The van der Waals surface area contributed by atoms with Gasteiger partial charge in [0.1, 0.15) is 0 Å². The van der Waals surface area contributed by atoms with Gasteiger partial charge >= 0.3 is 5.97 Å². The zero-order valence-electron chi connectivity index (χ0n) is 14.7. The molecule has 3 unspecified atom stereocenters. The van der Waals surface area contributed by atoms with Gasteiger partial charge in [0.15, 0.2) is 0 Å². The van der Waals surface area contributed by atoms with Gasteiger partial charge in [-0.3, -0.25) is 4.79 Å². The Balaban J connectivity index is 0.00000264. The number of hydrogen-bond donors (Lipinski definition) is 0. The summed E-state index contributed by atoms with van der Waals surface area (Å²) in [6.45, 7) is 3.11. The minimum atomic E-state index is -0.404. The summed E-state index contributed by atoms with van der Waals surface area (Å²) in [6.07, 6.45) is 4.29. The molecule has 1 saturated carbocycles. The van der Waals surface area contributed by atoms with Crippen LogP contribution in [-0.2, 0) is 9.53 Å². The maximum Gasteiger partial charge on any atom is 0.312 e. The van der Waals surface area contributed by atoms with E-state index in [1.165, 1.54) is 19.1 Å². The van der Waals surface area contributed by atoms with Crippen LogP contribution >= 0.6 is 12.4 Å². The predicted molar refractivity (Wildman–Crippen MR) is 97.1 cm³/mol. The second-order valence-corrected chi connectivity index (χ2v) is 6.90. The fourth-order valence-corrected chi connectivity index (χ4v) is 4.28. The number of halogens is 1. The Hall–Kier alpha value is -1.06. The average Bonchev–Trinajstić information content (AvgIpc) is 2.54. The number of esters is 1. The minimum absolute atomic E-state index is 0. The Kier molecular flexibility index (Phi) is 7.56. The van der Waals surface area contributed by atoms with Crippen molar-refractivity contribution in [2.24, 2.45) is 11.3 Å². The highest BCUT2D eigenvalue weighted by atomic mass is 35.5. The van der Waals surface area contributed by atoms with E-state index in [9.17, 15) is 4.79 Å². The van der Waals surface area contributed by atoms with Gasteiger partial charge in [-0.2, -0.15) is 0 Å². The largest absolute Gasteiger partial charge is 0.469 e. The SMILES string of the molecule is COC(=O)C1(C(C)CN(C)C)CCCCC1c1ccccc1.Cl. The number of nitrogens with zero attached hydrogens (tertiary/aromatic N) is 1. The molecule has 0 bridgehead atoms. The summed E-state index contributed by atoms with van der Waals surface area (Å²) < 4.78 is 5.29. The lowest BCUT2D eigenvalue weighted by Gasteiger charge is -2.46. The van der Waals surface area contributed by atoms with Crippen LogP contribution in [0.5, 0.6) is 0 Å². The fraction of sp³-hybridized carbons (Fsp3) is 0.632. The number of benzene rings is 1. The fourth-order valence-electron chi connectivity index (χ4n) is 4.28. The van der Waals surface area contributed by atoms with Crippen molar-refractivity contribution in [1.82, 2.24) is 4.90 Å². The molecular formula is C19H30ClNO2. The first-order valence-corrected chi connectivity index (χ1v) is 8.30. The number of carbonyl (C=O) groups is 1. The van der Waals surface area contributed by atoms with E-state index < -0.39 is 5.41 Å². The van der Waals surface area contributed by atoms with Crippen molar-refractivity contribution in [3.8, 4) is 0 Å². The molecule has 23 heavy (non-hydrogen) atoms. The van der Waals surface area contributed by atoms with Crippen LogP contribution in [0.4, 0.5) is 0 Å². The summed E-state index contributed by atoms with van der Waals surface area (Å²) >= 11 is 0. The molecule has 0 heterocycles. The number of methoxy groups -OCH3 is 1. The molecule has 0 amide bonds. The van der Waals surface area contributed by atoms with Gasteiger partial charge in [0.05, 0.1) is 12.5 Å². The third kappa shape index (κ3) is 4.07. The third-order valence-corrected chi connectivity index (χ3v) is 5.24. The van der Waals surface area contributed by atoms with E-state index in [-0.39, 0.29) is 30.2 Å². The van der Waals surface area contributed by atoms with E-state index in [4.69, 9.17) is 4.74 Å². The molecule has 1 aliphatic rings. The summed E-state index contributed by atoms with van der Waals surface area (Å²) in [4.78, 5) is 15.0. The van der Waals surface area contributed by atoms with Gasteiger partial charge in [0.2, 0.25) is 0 Å². The molecule has 2 rings (SSSR count). The van der Waals surface area contributed by atoms with Gasteiger partial charge in [-0.15, -0.1) is 12.4 Å². The van der Waals surface area contributed by atoms with Crippen molar-refractivity contribution < 1.29 is 9.53 Å². The van der Waals surface area contributed by atoms with Crippen molar-refractivity contribution in [1.29, 1.82) is 0 Å². The molecule has 0 saturated heterocycles. The van der Waals surface area contributed by atoms with Gasteiger partial charge in [-0.1, -0.05) is 50.1 Å². The first-order chi connectivity index (χ1) is 10.5. The van der Waals surface area contributed by atoms with Crippen LogP contribution < -0.4 is 0 Å². The van der Waals surface area contributed by atoms with Crippen LogP contribution in [0.3, 0.4) is 0 Å². The zero-order valence-corrected chi connectivity index (χ0v) is 15.6. The molecule has 3 nitrogen and oxygen atoms in total.